The molecule has 2 bridgehead atoms. The number of carbonyl (C=O) groups excluding carboxylic acids is 2. The van der Waals surface area contributed by atoms with Crippen molar-refractivity contribution >= 4 is 21.8 Å². The predicted molar refractivity (Wildman–Crippen MR) is 99.6 cm³/mol. The van der Waals surface area contributed by atoms with Crippen LogP contribution < -0.4 is 11.1 Å². The Bertz CT molecular complexity index is 884. The third kappa shape index (κ3) is 2.95. The van der Waals surface area contributed by atoms with Crippen LogP contribution in [0.1, 0.15) is 59.7 Å². The van der Waals surface area contributed by atoms with Gasteiger partial charge in [0.25, 0.3) is 21.8 Å². The van der Waals surface area contributed by atoms with Crippen LogP contribution in [-0.2, 0) is 10.0 Å². The van der Waals surface area contributed by atoms with E-state index < -0.39 is 15.9 Å². The Kier molecular flexibility index (Phi) is 4.50. The number of benzene rings is 1. The molecule has 2 aliphatic carbocycles. The van der Waals surface area contributed by atoms with E-state index in [1.54, 1.807) is 6.92 Å². The minimum atomic E-state index is -3.87. The molecule has 1 aromatic rings. The van der Waals surface area contributed by atoms with E-state index in [2.05, 4.69) is 5.32 Å². The van der Waals surface area contributed by atoms with Crippen LogP contribution >= 0.6 is 0 Å². The summed E-state index contributed by atoms with van der Waals surface area (Å²) in [6.45, 7) is 1.69. The smallest absolute Gasteiger partial charge is 0.268 e. The van der Waals surface area contributed by atoms with Crippen molar-refractivity contribution in [2.45, 2.75) is 56.0 Å². The lowest BCUT2D eigenvalue weighted by molar-refractivity contribution is 0.0755. The first kappa shape index (κ1) is 18.4. The molecule has 3 N–H and O–H groups in total. The molecule has 1 aromatic carbocycles. The molecule has 0 radical (unpaired) electrons. The maximum Gasteiger partial charge on any atom is 0.268 e. The van der Waals surface area contributed by atoms with Gasteiger partial charge in [0.2, 0.25) is 0 Å². The quantitative estimate of drug-likeness (QED) is 0.811. The highest BCUT2D eigenvalue weighted by molar-refractivity contribution is 7.90. The largest absolute Gasteiger partial charge is 0.349 e. The van der Waals surface area contributed by atoms with E-state index >= 15 is 0 Å². The molecule has 0 aromatic heterocycles. The van der Waals surface area contributed by atoms with Crippen LogP contribution in [0.4, 0.5) is 0 Å². The van der Waals surface area contributed by atoms with Gasteiger partial charge in [-0.3, -0.25) is 9.59 Å². The number of fused-ring (bicyclic) bond motifs is 3. The zero-order chi connectivity index (χ0) is 19.3. The highest BCUT2D eigenvalue weighted by Gasteiger charge is 2.42. The summed E-state index contributed by atoms with van der Waals surface area (Å²) >= 11 is 0. The predicted octanol–water partition coefficient (Wildman–Crippen LogP) is 1.49. The Morgan fingerprint density at radius 2 is 1.93 bits per heavy atom. The molecule has 2 unspecified atom stereocenters. The Balaban J connectivity index is 1.59. The number of hydrogen-bond acceptors (Lipinski definition) is 5. The molecule has 2 fully saturated rings. The van der Waals surface area contributed by atoms with Crippen molar-refractivity contribution in [1.82, 2.24) is 9.62 Å². The molecule has 27 heavy (non-hydrogen) atoms. The van der Waals surface area contributed by atoms with Crippen molar-refractivity contribution in [3.63, 3.8) is 0 Å². The average Bonchev–Trinajstić information content (AvgIpc) is 2.81. The lowest BCUT2D eigenvalue weighted by atomic mass is 9.67. The number of nitrogens with zero attached hydrogens (tertiary/aromatic N) is 1. The zero-order valence-electron chi connectivity index (χ0n) is 15.3. The number of rotatable bonds is 3. The van der Waals surface area contributed by atoms with E-state index in [9.17, 15) is 18.0 Å². The number of nitrogens with one attached hydrogen (secondary N) is 1. The monoisotopic (exact) mass is 391 g/mol. The summed E-state index contributed by atoms with van der Waals surface area (Å²) in [7, 11) is -3.87. The normalized spacial score (nSPS) is 31.5. The van der Waals surface area contributed by atoms with Crippen molar-refractivity contribution < 1.29 is 18.0 Å². The molecule has 7 nitrogen and oxygen atoms in total. The second-order valence-electron chi connectivity index (χ2n) is 7.87. The lowest BCUT2D eigenvalue weighted by Crippen LogP contribution is -2.53. The maximum atomic E-state index is 12.8. The molecule has 0 spiro atoms. The summed E-state index contributed by atoms with van der Waals surface area (Å²) in [5, 5.41) is 3.12. The lowest BCUT2D eigenvalue weighted by Gasteiger charge is -2.45. The standard InChI is InChI=1S/C19H25N3O4S/c1-2-22-19(24)15-7-6-13(10-16(15)27(22,25)26)18(23)21-17-11-4-3-5-12(17)9-14(20)8-11/h6-7,10-12,14,17H,2-5,8-9,20H2,1H3,(H,21,23). The number of sulfonamides is 1. The van der Waals surface area contributed by atoms with Crippen LogP contribution in [0.5, 0.6) is 0 Å². The van der Waals surface area contributed by atoms with Crippen LogP contribution in [-0.4, -0.2) is 43.2 Å². The van der Waals surface area contributed by atoms with E-state index in [0.717, 1.165) is 30.0 Å². The Labute approximate surface area is 159 Å². The summed E-state index contributed by atoms with van der Waals surface area (Å²) < 4.78 is 25.9. The number of nitrogens with two attached hydrogens (primary N) is 1. The van der Waals surface area contributed by atoms with Crippen molar-refractivity contribution in [2.24, 2.45) is 17.6 Å². The number of carbonyl (C=O) groups is 2. The second-order valence-corrected chi connectivity index (χ2v) is 9.70. The summed E-state index contributed by atoms with van der Waals surface area (Å²) in [6.07, 6.45) is 5.13. The molecule has 2 amide bonds. The van der Waals surface area contributed by atoms with Gasteiger partial charge in [-0.15, -0.1) is 0 Å². The molecular weight excluding hydrogens is 366 g/mol. The van der Waals surface area contributed by atoms with Crippen LogP contribution in [0.25, 0.3) is 0 Å². The molecule has 1 heterocycles. The van der Waals surface area contributed by atoms with Gasteiger partial charge in [0.15, 0.2) is 0 Å². The molecule has 0 saturated heterocycles. The Hall–Kier alpha value is -1.93. The molecule has 2 atom stereocenters. The van der Waals surface area contributed by atoms with Crippen molar-refractivity contribution in [2.75, 3.05) is 6.54 Å². The maximum absolute atomic E-state index is 12.8. The Morgan fingerprint density at radius 3 is 2.56 bits per heavy atom. The van der Waals surface area contributed by atoms with Gasteiger partial charge in [0, 0.05) is 24.2 Å². The van der Waals surface area contributed by atoms with E-state index in [-0.39, 0.29) is 40.6 Å². The minimum Gasteiger partial charge on any atom is -0.349 e. The summed E-state index contributed by atoms with van der Waals surface area (Å²) in [5.74, 6) is -0.0541. The fraction of sp³-hybridized carbons (Fsp3) is 0.579. The minimum absolute atomic E-state index is 0.0725. The van der Waals surface area contributed by atoms with Gasteiger partial charge in [0.1, 0.15) is 4.90 Å². The first-order valence-electron chi connectivity index (χ1n) is 9.60. The van der Waals surface area contributed by atoms with Gasteiger partial charge in [0.05, 0.1) is 5.56 Å². The molecule has 3 aliphatic rings. The fourth-order valence-electron chi connectivity index (χ4n) is 4.99. The second kappa shape index (κ2) is 6.60. The van der Waals surface area contributed by atoms with Crippen molar-refractivity contribution in [1.29, 1.82) is 0 Å². The zero-order valence-corrected chi connectivity index (χ0v) is 16.2. The average molecular weight is 391 g/mol. The topological polar surface area (TPSA) is 110 Å². The van der Waals surface area contributed by atoms with Gasteiger partial charge in [-0.2, -0.15) is 0 Å². The molecular formula is C19H25N3O4S. The molecule has 146 valence electrons. The van der Waals surface area contributed by atoms with E-state index in [4.69, 9.17) is 5.73 Å². The molecule has 4 rings (SSSR count). The first-order chi connectivity index (χ1) is 12.8. The summed E-state index contributed by atoms with van der Waals surface area (Å²) in [6, 6.07) is 4.59. The first-order valence-corrected chi connectivity index (χ1v) is 11.0. The van der Waals surface area contributed by atoms with Crippen LogP contribution in [0.15, 0.2) is 23.1 Å². The third-order valence-corrected chi connectivity index (χ3v) is 8.13. The van der Waals surface area contributed by atoms with Crippen molar-refractivity contribution in [3.8, 4) is 0 Å². The van der Waals surface area contributed by atoms with Crippen LogP contribution in [0.3, 0.4) is 0 Å². The van der Waals surface area contributed by atoms with Crippen molar-refractivity contribution in [3.05, 3.63) is 29.3 Å². The van der Waals surface area contributed by atoms with Gasteiger partial charge in [-0.05, 0) is 62.6 Å². The highest BCUT2D eigenvalue weighted by Crippen LogP contribution is 2.40. The highest BCUT2D eigenvalue weighted by atomic mass is 32.2. The van der Waals surface area contributed by atoms with E-state index in [1.165, 1.54) is 24.6 Å². The van der Waals surface area contributed by atoms with Gasteiger partial charge in [-0.25, -0.2) is 12.7 Å². The molecule has 1 aliphatic heterocycles. The summed E-state index contributed by atoms with van der Waals surface area (Å²) in [5.41, 5.74) is 6.55. The molecule has 2 saturated carbocycles. The SMILES string of the molecule is CCN1C(=O)c2ccc(C(=O)NC3C4CCCC3CC(N)C4)cc2S1(=O)=O. The molecule has 8 heteroatoms. The fourth-order valence-corrected chi connectivity index (χ4v) is 6.59. The van der Waals surface area contributed by atoms with Crippen LogP contribution in [0.2, 0.25) is 0 Å². The number of amides is 2. The van der Waals surface area contributed by atoms with Gasteiger partial charge >= 0.3 is 0 Å². The van der Waals surface area contributed by atoms with Gasteiger partial charge in [-0.1, -0.05) is 6.42 Å². The van der Waals surface area contributed by atoms with E-state index in [1.807, 2.05) is 0 Å². The van der Waals surface area contributed by atoms with Crippen LogP contribution in [0, 0.1) is 11.8 Å². The van der Waals surface area contributed by atoms with E-state index in [0.29, 0.717) is 11.8 Å². The van der Waals surface area contributed by atoms with Gasteiger partial charge < -0.3 is 11.1 Å². The third-order valence-electron chi connectivity index (χ3n) is 6.23. The summed E-state index contributed by atoms with van der Waals surface area (Å²) in [4.78, 5) is 25.0. The Morgan fingerprint density at radius 1 is 1.26 bits per heavy atom. The number of hydrogen-bond donors (Lipinski definition) is 2.